The van der Waals surface area contributed by atoms with E-state index in [-0.39, 0.29) is 0 Å². The molecule has 1 rings (SSSR count). The smallest absolute Gasteiger partial charge is 0.0208 e. The molecule has 0 aliphatic heterocycles. The topological polar surface area (TPSA) is 15.3 Å². The molecule has 84 valence electrons. The minimum absolute atomic E-state index is 0.986. The van der Waals surface area contributed by atoms with Crippen molar-refractivity contribution in [2.45, 2.75) is 19.9 Å². The molecule has 15 heavy (non-hydrogen) atoms. The van der Waals surface area contributed by atoms with E-state index < -0.39 is 0 Å². The lowest BCUT2D eigenvalue weighted by molar-refractivity contribution is 0.394. The molecular weight excluding hydrogens is 184 g/mol. The van der Waals surface area contributed by atoms with Gasteiger partial charge in [-0.3, -0.25) is 0 Å². The van der Waals surface area contributed by atoms with Gasteiger partial charge >= 0.3 is 0 Å². The van der Waals surface area contributed by atoms with Gasteiger partial charge in [-0.05, 0) is 51.7 Å². The molecule has 0 atom stereocenters. The Morgan fingerprint density at radius 3 is 2.60 bits per heavy atom. The van der Waals surface area contributed by atoms with Gasteiger partial charge in [0.15, 0.2) is 0 Å². The summed E-state index contributed by atoms with van der Waals surface area (Å²) in [4.78, 5) is 2.22. The highest BCUT2D eigenvalue weighted by atomic mass is 15.0. The van der Waals surface area contributed by atoms with Crippen LogP contribution in [0.5, 0.6) is 0 Å². The zero-order chi connectivity index (χ0) is 11.1. The maximum absolute atomic E-state index is 3.47. The first kappa shape index (κ1) is 12.2. The molecule has 2 nitrogen and oxygen atoms in total. The highest BCUT2D eigenvalue weighted by Gasteiger charge is 1.96. The second-order valence-corrected chi connectivity index (χ2v) is 4.26. The van der Waals surface area contributed by atoms with E-state index in [1.807, 2.05) is 0 Å². The van der Waals surface area contributed by atoms with Gasteiger partial charge in [0, 0.05) is 6.54 Å². The van der Waals surface area contributed by atoms with Gasteiger partial charge in [-0.2, -0.15) is 0 Å². The van der Waals surface area contributed by atoms with Crippen molar-refractivity contribution < 1.29 is 0 Å². The van der Waals surface area contributed by atoms with Crippen LogP contribution in [0.3, 0.4) is 0 Å². The molecule has 1 aromatic rings. The van der Waals surface area contributed by atoms with Gasteiger partial charge in [0.2, 0.25) is 0 Å². The summed E-state index contributed by atoms with van der Waals surface area (Å²) in [6.45, 7) is 5.39. The molecule has 0 bridgehead atoms. The fourth-order valence-electron chi connectivity index (χ4n) is 1.55. The lowest BCUT2D eigenvalue weighted by atomic mass is 10.1. The van der Waals surface area contributed by atoms with E-state index in [1.54, 1.807) is 0 Å². The quantitative estimate of drug-likeness (QED) is 0.717. The molecule has 0 heterocycles. The van der Waals surface area contributed by atoms with Crippen molar-refractivity contribution in [2.24, 2.45) is 0 Å². The molecule has 2 heteroatoms. The predicted octanol–water partition coefficient (Wildman–Crippen LogP) is 2.04. The minimum atomic E-state index is 0.986. The molecule has 0 aliphatic carbocycles. The zero-order valence-electron chi connectivity index (χ0n) is 10.1. The first-order valence-corrected chi connectivity index (χ1v) is 5.60. The zero-order valence-corrected chi connectivity index (χ0v) is 10.1. The number of rotatable bonds is 6. The van der Waals surface area contributed by atoms with E-state index in [4.69, 9.17) is 0 Å². The van der Waals surface area contributed by atoms with Crippen LogP contribution in [0.1, 0.15) is 17.5 Å². The average Bonchev–Trinajstić information content (AvgIpc) is 2.20. The van der Waals surface area contributed by atoms with Crippen molar-refractivity contribution in [1.29, 1.82) is 0 Å². The first-order chi connectivity index (χ1) is 7.20. The molecular formula is C13H22N2. The minimum Gasteiger partial charge on any atom is -0.313 e. The lowest BCUT2D eigenvalue weighted by Gasteiger charge is -2.10. The van der Waals surface area contributed by atoms with Crippen LogP contribution >= 0.6 is 0 Å². The van der Waals surface area contributed by atoms with Crippen LogP contribution in [0.2, 0.25) is 0 Å². The van der Waals surface area contributed by atoms with E-state index in [1.165, 1.54) is 17.5 Å². The maximum Gasteiger partial charge on any atom is 0.0208 e. The summed E-state index contributed by atoms with van der Waals surface area (Å²) >= 11 is 0. The molecule has 0 amide bonds. The normalized spacial score (nSPS) is 10.9. The summed E-state index contributed by atoms with van der Waals surface area (Å²) < 4.78 is 0. The van der Waals surface area contributed by atoms with Gasteiger partial charge in [0.05, 0.1) is 0 Å². The molecule has 0 saturated carbocycles. The van der Waals surface area contributed by atoms with Crippen LogP contribution < -0.4 is 5.32 Å². The SMILES string of the molecule is Cc1ccccc1CNCCCN(C)C. The van der Waals surface area contributed by atoms with Crippen molar-refractivity contribution in [3.05, 3.63) is 35.4 Å². The standard InChI is InChI=1S/C13H22N2/c1-12-7-4-5-8-13(12)11-14-9-6-10-15(2)3/h4-5,7-8,14H,6,9-11H2,1-3H3. The van der Waals surface area contributed by atoms with Gasteiger partial charge in [-0.1, -0.05) is 24.3 Å². The molecule has 0 fully saturated rings. The van der Waals surface area contributed by atoms with Crippen molar-refractivity contribution in [3.8, 4) is 0 Å². The average molecular weight is 206 g/mol. The highest BCUT2D eigenvalue weighted by Crippen LogP contribution is 2.05. The van der Waals surface area contributed by atoms with Crippen LogP contribution in [0.4, 0.5) is 0 Å². The summed E-state index contributed by atoms with van der Waals surface area (Å²) in [5, 5.41) is 3.47. The van der Waals surface area contributed by atoms with E-state index in [2.05, 4.69) is 55.5 Å². The number of nitrogens with zero attached hydrogens (tertiary/aromatic N) is 1. The monoisotopic (exact) mass is 206 g/mol. The first-order valence-electron chi connectivity index (χ1n) is 5.60. The van der Waals surface area contributed by atoms with Gasteiger partial charge in [-0.15, -0.1) is 0 Å². The number of nitrogens with one attached hydrogen (secondary N) is 1. The molecule has 0 aliphatic rings. The van der Waals surface area contributed by atoms with Crippen LogP contribution in [0.25, 0.3) is 0 Å². The van der Waals surface area contributed by atoms with E-state index in [9.17, 15) is 0 Å². The second kappa shape index (κ2) is 6.59. The Hall–Kier alpha value is -0.860. The van der Waals surface area contributed by atoms with E-state index in [0.29, 0.717) is 0 Å². The molecule has 0 saturated heterocycles. The third-order valence-corrected chi connectivity index (χ3v) is 2.54. The summed E-state index contributed by atoms with van der Waals surface area (Å²) in [7, 11) is 4.22. The Kier molecular flexibility index (Phi) is 5.37. The van der Waals surface area contributed by atoms with Crippen molar-refractivity contribution in [1.82, 2.24) is 10.2 Å². The largest absolute Gasteiger partial charge is 0.313 e. The molecule has 0 unspecified atom stereocenters. The maximum atomic E-state index is 3.47. The third kappa shape index (κ3) is 4.96. The molecule has 1 N–H and O–H groups in total. The second-order valence-electron chi connectivity index (χ2n) is 4.26. The number of aryl methyl sites for hydroxylation is 1. The van der Waals surface area contributed by atoms with Crippen LogP contribution in [-0.4, -0.2) is 32.1 Å². The van der Waals surface area contributed by atoms with Crippen LogP contribution in [-0.2, 0) is 6.54 Å². The van der Waals surface area contributed by atoms with Crippen LogP contribution in [0, 0.1) is 6.92 Å². The highest BCUT2D eigenvalue weighted by molar-refractivity contribution is 5.25. The van der Waals surface area contributed by atoms with Gasteiger partial charge in [0.1, 0.15) is 0 Å². The lowest BCUT2D eigenvalue weighted by Crippen LogP contribution is -2.21. The Balaban J connectivity index is 2.18. The van der Waals surface area contributed by atoms with Gasteiger partial charge in [-0.25, -0.2) is 0 Å². The fourth-order valence-corrected chi connectivity index (χ4v) is 1.55. The molecule has 1 aromatic carbocycles. The summed E-state index contributed by atoms with van der Waals surface area (Å²) in [5.41, 5.74) is 2.78. The number of hydrogen-bond donors (Lipinski definition) is 1. The van der Waals surface area contributed by atoms with Crippen LogP contribution in [0.15, 0.2) is 24.3 Å². The van der Waals surface area contributed by atoms with E-state index in [0.717, 1.165) is 19.6 Å². The van der Waals surface area contributed by atoms with Crippen molar-refractivity contribution in [2.75, 3.05) is 27.2 Å². The summed E-state index contributed by atoms with van der Waals surface area (Å²) in [6.07, 6.45) is 1.21. The summed E-state index contributed by atoms with van der Waals surface area (Å²) in [5.74, 6) is 0. The Bertz CT molecular complexity index is 282. The number of benzene rings is 1. The van der Waals surface area contributed by atoms with Gasteiger partial charge in [0.25, 0.3) is 0 Å². The Morgan fingerprint density at radius 1 is 1.20 bits per heavy atom. The molecule has 0 spiro atoms. The fraction of sp³-hybridized carbons (Fsp3) is 0.538. The Morgan fingerprint density at radius 2 is 1.93 bits per heavy atom. The summed E-state index contributed by atoms with van der Waals surface area (Å²) in [6, 6.07) is 8.54. The molecule has 0 radical (unpaired) electrons. The van der Waals surface area contributed by atoms with Gasteiger partial charge < -0.3 is 10.2 Å². The Labute approximate surface area is 93.3 Å². The van der Waals surface area contributed by atoms with Crippen molar-refractivity contribution >= 4 is 0 Å². The van der Waals surface area contributed by atoms with E-state index >= 15 is 0 Å². The third-order valence-electron chi connectivity index (χ3n) is 2.54. The predicted molar refractivity (Wildman–Crippen MR) is 66.1 cm³/mol. The van der Waals surface area contributed by atoms with Crippen molar-refractivity contribution in [3.63, 3.8) is 0 Å². The number of hydrogen-bond acceptors (Lipinski definition) is 2. The molecule has 0 aromatic heterocycles.